The van der Waals surface area contributed by atoms with Crippen molar-refractivity contribution in [3.63, 3.8) is 0 Å². The van der Waals surface area contributed by atoms with Crippen LogP contribution < -0.4 is 10.1 Å². The van der Waals surface area contributed by atoms with Gasteiger partial charge < -0.3 is 18.4 Å². The largest absolute Gasteiger partial charge is 0.491 e. The molecule has 0 aliphatic heterocycles. The number of furan rings is 1. The molecule has 8 nitrogen and oxygen atoms in total. The first-order valence-corrected chi connectivity index (χ1v) is 7.97. The van der Waals surface area contributed by atoms with Crippen LogP contribution in [0.3, 0.4) is 0 Å². The highest BCUT2D eigenvalue weighted by molar-refractivity contribution is 5.80. The van der Waals surface area contributed by atoms with Crippen molar-refractivity contribution in [3.8, 4) is 17.1 Å². The summed E-state index contributed by atoms with van der Waals surface area (Å²) in [5, 5.41) is 6.96. The molecule has 2 heterocycles. The van der Waals surface area contributed by atoms with Crippen LogP contribution in [0.25, 0.3) is 11.4 Å². The van der Waals surface area contributed by atoms with Crippen molar-refractivity contribution in [3.05, 3.63) is 54.8 Å². The molecular formula is C18H19N3O5. The minimum absolute atomic E-state index is 0.0758. The Morgan fingerprint density at radius 3 is 2.77 bits per heavy atom. The Morgan fingerprint density at radius 2 is 2.08 bits per heavy atom. The number of nitrogens with zero attached hydrogens (tertiary/aromatic N) is 2. The summed E-state index contributed by atoms with van der Waals surface area (Å²) >= 11 is 0. The number of benzene rings is 1. The minimum Gasteiger partial charge on any atom is -0.491 e. The number of carbonyl (C=O) groups is 1. The normalized spacial score (nSPS) is 13.2. The number of hydrogen-bond acceptors (Lipinski definition) is 8. The molecule has 0 radical (unpaired) electrons. The van der Waals surface area contributed by atoms with Gasteiger partial charge in [-0.3, -0.25) is 5.32 Å². The van der Waals surface area contributed by atoms with Crippen LogP contribution in [0.4, 0.5) is 0 Å². The van der Waals surface area contributed by atoms with Crippen LogP contribution in [-0.4, -0.2) is 35.4 Å². The average molecular weight is 357 g/mol. The standard InChI is InChI=1S/C18H19N3O5/c1-18(17(22)23-2,12-25-14-6-4-3-5-7-14)19-10-15-20-16(21-26-15)13-8-9-24-11-13/h3-9,11,19H,10,12H2,1-2H3. The second-order valence-corrected chi connectivity index (χ2v) is 5.80. The summed E-state index contributed by atoms with van der Waals surface area (Å²) in [5.74, 6) is 0.944. The molecule has 0 bridgehead atoms. The Bertz CT molecular complexity index is 832. The van der Waals surface area contributed by atoms with Crippen molar-refractivity contribution >= 4 is 5.97 Å². The zero-order chi connectivity index (χ0) is 18.4. The first kappa shape index (κ1) is 17.7. The van der Waals surface area contributed by atoms with E-state index in [9.17, 15) is 4.79 Å². The van der Waals surface area contributed by atoms with Gasteiger partial charge in [-0.2, -0.15) is 4.98 Å². The van der Waals surface area contributed by atoms with Crippen LogP contribution in [0.2, 0.25) is 0 Å². The second-order valence-electron chi connectivity index (χ2n) is 5.80. The van der Waals surface area contributed by atoms with E-state index in [4.69, 9.17) is 18.4 Å². The van der Waals surface area contributed by atoms with Gasteiger partial charge in [0.15, 0.2) is 0 Å². The molecule has 1 atom stereocenters. The summed E-state index contributed by atoms with van der Waals surface area (Å²) in [7, 11) is 1.33. The Hall–Kier alpha value is -3.13. The number of rotatable bonds is 8. The first-order chi connectivity index (χ1) is 12.6. The molecule has 3 aromatic rings. The van der Waals surface area contributed by atoms with Crippen LogP contribution in [0.5, 0.6) is 5.75 Å². The van der Waals surface area contributed by atoms with E-state index in [1.807, 2.05) is 30.3 Å². The lowest BCUT2D eigenvalue weighted by molar-refractivity contribution is -0.149. The third-order valence-electron chi connectivity index (χ3n) is 3.78. The van der Waals surface area contributed by atoms with Gasteiger partial charge in [-0.05, 0) is 25.1 Å². The fraction of sp³-hybridized carbons (Fsp3) is 0.278. The van der Waals surface area contributed by atoms with E-state index < -0.39 is 11.5 Å². The minimum atomic E-state index is -1.09. The maximum atomic E-state index is 12.2. The van der Waals surface area contributed by atoms with E-state index in [0.29, 0.717) is 23.0 Å². The zero-order valence-corrected chi connectivity index (χ0v) is 14.5. The Balaban J connectivity index is 1.65. The van der Waals surface area contributed by atoms with Gasteiger partial charge in [0.05, 0.1) is 25.5 Å². The summed E-state index contributed by atoms with van der Waals surface area (Å²) in [6, 6.07) is 11.0. The van der Waals surface area contributed by atoms with E-state index in [0.717, 1.165) is 0 Å². The molecule has 1 N–H and O–H groups in total. The van der Waals surface area contributed by atoms with E-state index in [-0.39, 0.29) is 13.2 Å². The summed E-state index contributed by atoms with van der Waals surface area (Å²) in [5.41, 5.74) is -0.377. The van der Waals surface area contributed by atoms with Crippen molar-refractivity contribution < 1.29 is 23.2 Å². The summed E-state index contributed by atoms with van der Waals surface area (Å²) in [6.45, 7) is 1.94. The quantitative estimate of drug-likeness (QED) is 0.614. The molecular weight excluding hydrogens is 338 g/mol. The van der Waals surface area contributed by atoms with Crippen LogP contribution in [0, 0.1) is 0 Å². The molecule has 0 saturated heterocycles. The molecule has 0 amide bonds. The van der Waals surface area contributed by atoms with Crippen molar-refractivity contribution in [2.45, 2.75) is 19.0 Å². The highest BCUT2D eigenvalue weighted by Crippen LogP contribution is 2.17. The summed E-state index contributed by atoms with van der Waals surface area (Å²) in [6.07, 6.45) is 3.05. The predicted molar refractivity (Wildman–Crippen MR) is 91.2 cm³/mol. The fourth-order valence-corrected chi connectivity index (χ4v) is 2.26. The van der Waals surface area contributed by atoms with Gasteiger partial charge in [0.25, 0.3) is 0 Å². The van der Waals surface area contributed by atoms with Gasteiger partial charge in [0.1, 0.15) is 24.2 Å². The molecule has 1 unspecified atom stereocenters. The predicted octanol–water partition coefficient (Wildman–Crippen LogP) is 2.43. The molecule has 0 fully saturated rings. The van der Waals surface area contributed by atoms with Gasteiger partial charge in [-0.1, -0.05) is 23.4 Å². The molecule has 0 spiro atoms. The van der Waals surface area contributed by atoms with Gasteiger partial charge in [-0.25, -0.2) is 4.79 Å². The topological polar surface area (TPSA) is 99.6 Å². The number of aromatic nitrogens is 2. The fourth-order valence-electron chi connectivity index (χ4n) is 2.26. The van der Waals surface area contributed by atoms with Crippen molar-refractivity contribution in [2.24, 2.45) is 0 Å². The lowest BCUT2D eigenvalue weighted by Crippen LogP contribution is -2.54. The molecule has 26 heavy (non-hydrogen) atoms. The van der Waals surface area contributed by atoms with E-state index in [1.54, 1.807) is 13.0 Å². The highest BCUT2D eigenvalue weighted by Gasteiger charge is 2.35. The lowest BCUT2D eigenvalue weighted by atomic mass is 10.0. The maximum absolute atomic E-state index is 12.2. The number of nitrogens with one attached hydrogen (secondary N) is 1. The van der Waals surface area contributed by atoms with Crippen LogP contribution in [-0.2, 0) is 16.1 Å². The number of carbonyl (C=O) groups excluding carboxylic acids is 1. The highest BCUT2D eigenvalue weighted by atomic mass is 16.5. The first-order valence-electron chi connectivity index (χ1n) is 7.97. The summed E-state index contributed by atoms with van der Waals surface area (Å²) in [4.78, 5) is 16.5. The summed E-state index contributed by atoms with van der Waals surface area (Å²) < 4.78 is 20.8. The van der Waals surface area contributed by atoms with Crippen LogP contribution >= 0.6 is 0 Å². The maximum Gasteiger partial charge on any atom is 0.329 e. The molecule has 1 aromatic carbocycles. The van der Waals surface area contributed by atoms with E-state index in [1.165, 1.54) is 19.6 Å². The molecule has 2 aromatic heterocycles. The monoisotopic (exact) mass is 357 g/mol. The molecule has 0 aliphatic rings. The Morgan fingerprint density at radius 1 is 1.27 bits per heavy atom. The molecule has 8 heteroatoms. The van der Waals surface area contributed by atoms with Crippen molar-refractivity contribution in [1.82, 2.24) is 15.5 Å². The number of methoxy groups -OCH3 is 1. The van der Waals surface area contributed by atoms with E-state index >= 15 is 0 Å². The number of ether oxygens (including phenoxy) is 2. The number of esters is 1. The lowest BCUT2D eigenvalue weighted by Gasteiger charge is -2.27. The zero-order valence-electron chi connectivity index (χ0n) is 14.5. The van der Waals surface area contributed by atoms with Gasteiger partial charge in [-0.15, -0.1) is 0 Å². The molecule has 136 valence electrons. The third kappa shape index (κ3) is 4.09. The van der Waals surface area contributed by atoms with Gasteiger partial charge >= 0.3 is 5.97 Å². The number of hydrogen-bond donors (Lipinski definition) is 1. The average Bonchev–Trinajstić information content (AvgIpc) is 3.36. The van der Waals surface area contributed by atoms with Gasteiger partial charge in [0, 0.05) is 0 Å². The van der Waals surface area contributed by atoms with Crippen LogP contribution in [0.15, 0.2) is 57.9 Å². The molecule has 0 aliphatic carbocycles. The molecule has 0 saturated carbocycles. The second kappa shape index (κ2) is 7.83. The van der Waals surface area contributed by atoms with Crippen molar-refractivity contribution in [2.75, 3.05) is 13.7 Å². The molecule has 3 rings (SSSR count). The Labute approximate surface area is 150 Å². The SMILES string of the molecule is COC(=O)C(C)(COc1ccccc1)NCc1nc(-c2ccoc2)no1. The van der Waals surface area contributed by atoms with Crippen molar-refractivity contribution in [1.29, 1.82) is 0 Å². The van der Waals surface area contributed by atoms with Gasteiger partial charge in [0.2, 0.25) is 11.7 Å². The van der Waals surface area contributed by atoms with E-state index in [2.05, 4.69) is 15.5 Å². The Kier molecular flexibility index (Phi) is 5.33. The van der Waals surface area contributed by atoms with Crippen LogP contribution in [0.1, 0.15) is 12.8 Å². The smallest absolute Gasteiger partial charge is 0.329 e. The third-order valence-corrected chi connectivity index (χ3v) is 3.78. The number of para-hydroxylation sites is 1.